The van der Waals surface area contributed by atoms with Crippen LogP contribution in [0.5, 0.6) is 5.75 Å². The first-order valence-electron chi connectivity index (χ1n) is 7.68. The molecule has 0 aliphatic heterocycles. The number of ether oxygens (including phenoxy) is 1. The Labute approximate surface area is 136 Å². The van der Waals surface area contributed by atoms with Crippen molar-refractivity contribution in [3.63, 3.8) is 0 Å². The van der Waals surface area contributed by atoms with Crippen LogP contribution in [0.4, 0.5) is 5.69 Å². The number of hydrogen-bond donors (Lipinski definition) is 1. The van der Waals surface area contributed by atoms with Crippen molar-refractivity contribution < 1.29 is 9.66 Å². The molecule has 5 nitrogen and oxygen atoms in total. The molecule has 0 bridgehead atoms. The number of nitro benzene ring substituents is 1. The Balaban J connectivity index is 1.75. The number of nitrogens with zero attached hydrogens (tertiary/aromatic N) is 1. The van der Waals surface area contributed by atoms with Crippen LogP contribution in [0, 0.1) is 10.1 Å². The van der Waals surface area contributed by atoms with Crippen LogP contribution in [0.1, 0.15) is 24.5 Å². The van der Waals surface area contributed by atoms with Gasteiger partial charge in [0.15, 0.2) is 0 Å². The Bertz CT molecular complexity index is 624. The molecule has 122 valence electrons. The van der Waals surface area contributed by atoms with Gasteiger partial charge < -0.3 is 10.1 Å². The summed E-state index contributed by atoms with van der Waals surface area (Å²) in [6.07, 6.45) is 2.03. The molecule has 5 heteroatoms. The van der Waals surface area contributed by atoms with Gasteiger partial charge in [0.1, 0.15) is 5.75 Å². The van der Waals surface area contributed by atoms with Gasteiger partial charge in [0.25, 0.3) is 5.69 Å². The van der Waals surface area contributed by atoms with Crippen LogP contribution in [0.15, 0.2) is 48.5 Å². The quantitative estimate of drug-likeness (QED) is 0.596. The van der Waals surface area contributed by atoms with Gasteiger partial charge in [-0.3, -0.25) is 10.1 Å². The lowest BCUT2D eigenvalue weighted by Gasteiger charge is -2.14. The average Bonchev–Trinajstić information content (AvgIpc) is 2.59. The van der Waals surface area contributed by atoms with E-state index in [0.29, 0.717) is 12.6 Å². The van der Waals surface area contributed by atoms with Crippen molar-refractivity contribution in [1.29, 1.82) is 0 Å². The third-order valence-electron chi connectivity index (χ3n) is 3.83. The van der Waals surface area contributed by atoms with Crippen LogP contribution in [0.2, 0.25) is 0 Å². The highest BCUT2D eigenvalue weighted by atomic mass is 16.6. The van der Waals surface area contributed by atoms with Gasteiger partial charge in [0.05, 0.1) is 12.0 Å². The second-order valence-corrected chi connectivity index (χ2v) is 5.59. The molecule has 1 unspecified atom stereocenters. The van der Waals surface area contributed by atoms with Gasteiger partial charge in [0.2, 0.25) is 0 Å². The molecule has 23 heavy (non-hydrogen) atoms. The monoisotopic (exact) mass is 314 g/mol. The van der Waals surface area contributed by atoms with Gasteiger partial charge >= 0.3 is 0 Å². The van der Waals surface area contributed by atoms with Crippen molar-refractivity contribution in [2.75, 3.05) is 7.11 Å². The normalized spacial score (nSPS) is 11.9. The minimum atomic E-state index is -0.380. The molecule has 0 aromatic heterocycles. The van der Waals surface area contributed by atoms with Crippen LogP contribution in [0.3, 0.4) is 0 Å². The van der Waals surface area contributed by atoms with Crippen molar-refractivity contribution in [3.05, 3.63) is 69.8 Å². The fourth-order valence-corrected chi connectivity index (χ4v) is 2.31. The highest BCUT2D eigenvalue weighted by molar-refractivity contribution is 5.32. The maximum Gasteiger partial charge on any atom is 0.269 e. The summed E-state index contributed by atoms with van der Waals surface area (Å²) >= 11 is 0. The van der Waals surface area contributed by atoms with Gasteiger partial charge in [-0.1, -0.05) is 24.3 Å². The summed E-state index contributed by atoms with van der Waals surface area (Å²) in [5.41, 5.74) is 2.46. The molecule has 0 saturated heterocycles. The van der Waals surface area contributed by atoms with Crippen molar-refractivity contribution in [3.8, 4) is 5.75 Å². The van der Waals surface area contributed by atoms with E-state index in [4.69, 9.17) is 4.74 Å². The SMILES string of the molecule is COc1ccc(CCC(C)NCc2ccc([N+](=O)[O-])cc2)cc1. The van der Waals surface area contributed by atoms with Gasteiger partial charge in [-0.2, -0.15) is 0 Å². The Hall–Kier alpha value is -2.40. The van der Waals surface area contributed by atoms with E-state index < -0.39 is 0 Å². The Morgan fingerprint density at radius 3 is 2.26 bits per heavy atom. The molecule has 0 amide bonds. The second-order valence-electron chi connectivity index (χ2n) is 5.59. The average molecular weight is 314 g/mol. The third kappa shape index (κ3) is 5.38. The standard InChI is InChI=1S/C18H22N2O3/c1-14(3-4-15-7-11-18(23-2)12-8-15)19-13-16-5-9-17(10-6-16)20(21)22/h5-12,14,19H,3-4,13H2,1-2H3. The predicted octanol–water partition coefficient (Wildman–Crippen LogP) is 3.71. The third-order valence-corrected chi connectivity index (χ3v) is 3.83. The maximum absolute atomic E-state index is 10.6. The first kappa shape index (κ1) is 17.0. The lowest BCUT2D eigenvalue weighted by atomic mass is 10.1. The lowest BCUT2D eigenvalue weighted by molar-refractivity contribution is -0.384. The van der Waals surface area contributed by atoms with E-state index in [1.54, 1.807) is 31.4 Å². The number of hydrogen-bond acceptors (Lipinski definition) is 4. The molecule has 0 radical (unpaired) electrons. The molecule has 0 aliphatic rings. The largest absolute Gasteiger partial charge is 0.497 e. The summed E-state index contributed by atoms with van der Waals surface area (Å²) in [5, 5.41) is 14.1. The van der Waals surface area contributed by atoms with E-state index in [9.17, 15) is 10.1 Å². The maximum atomic E-state index is 10.6. The van der Waals surface area contributed by atoms with Crippen LogP contribution in [0.25, 0.3) is 0 Å². The van der Waals surface area contributed by atoms with Crippen LogP contribution >= 0.6 is 0 Å². The van der Waals surface area contributed by atoms with Gasteiger partial charge in [-0.15, -0.1) is 0 Å². The number of aryl methyl sites for hydroxylation is 1. The molecule has 2 rings (SSSR count). The van der Waals surface area contributed by atoms with Crippen molar-refractivity contribution >= 4 is 5.69 Å². The van der Waals surface area contributed by atoms with Crippen molar-refractivity contribution in [2.45, 2.75) is 32.4 Å². The summed E-state index contributed by atoms with van der Waals surface area (Å²) in [6, 6.07) is 15.2. The number of nitro groups is 1. The Morgan fingerprint density at radius 2 is 1.70 bits per heavy atom. The summed E-state index contributed by atoms with van der Waals surface area (Å²) in [4.78, 5) is 10.2. The molecule has 0 fully saturated rings. The molecular weight excluding hydrogens is 292 g/mol. The fourth-order valence-electron chi connectivity index (χ4n) is 2.31. The smallest absolute Gasteiger partial charge is 0.269 e. The minimum absolute atomic E-state index is 0.126. The summed E-state index contributed by atoms with van der Waals surface area (Å²) in [7, 11) is 1.67. The fraction of sp³-hybridized carbons (Fsp3) is 0.333. The van der Waals surface area contributed by atoms with E-state index >= 15 is 0 Å². The zero-order valence-electron chi connectivity index (χ0n) is 13.5. The number of methoxy groups -OCH3 is 1. The predicted molar refractivity (Wildman–Crippen MR) is 90.7 cm³/mol. The molecule has 0 heterocycles. The van der Waals surface area contributed by atoms with Crippen molar-refractivity contribution in [1.82, 2.24) is 5.32 Å². The summed E-state index contributed by atoms with van der Waals surface area (Å²) in [6.45, 7) is 2.86. The minimum Gasteiger partial charge on any atom is -0.497 e. The summed E-state index contributed by atoms with van der Waals surface area (Å²) < 4.78 is 5.15. The first-order valence-corrected chi connectivity index (χ1v) is 7.68. The van der Waals surface area contributed by atoms with E-state index in [1.807, 2.05) is 12.1 Å². The Kier molecular flexibility index (Phi) is 6.11. The molecule has 0 aliphatic carbocycles. The molecular formula is C18H22N2O3. The van der Waals surface area contributed by atoms with Gasteiger partial charge in [0, 0.05) is 24.7 Å². The zero-order valence-corrected chi connectivity index (χ0v) is 13.5. The second kappa shape index (κ2) is 8.29. The number of benzene rings is 2. The zero-order chi connectivity index (χ0) is 16.7. The first-order chi connectivity index (χ1) is 11.1. The topological polar surface area (TPSA) is 64.4 Å². The number of non-ortho nitro benzene ring substituents is 1. The molecule has 0 saturated carbocycles. The lowest BCUT2D eigenvalue weighted by Crippen LogP contribution is -2.25. The number of rotatable bonds is 8. The van der Waals surface area contributed by atoms with E-state index in [0.717, 1.165) is 24.2 Å². The van der Waals surface area contributed by atoms with E-state index in [1.165, 1.54) is 5.56 Å². The molecule has 2 aromatic rings. The highest BCUT2D eigenvalue weighted by Gasteiger charge is 2.06. The van der Waals surface area contributed by atoms with E-state index in [-0.39, 0.29) is 10.6 Å². The molecule has 0 spiro atoms. The van der Waals surface area contributed by atoms with Crippen LogP contribution in [-0.4, -0.2) is 18.1 Å². The molecule has 1 atom stereocenters. The van der Waals surface area contributed by atoms with Crippen molar-refractivity contribution in [2.24, 2.45) is 0 Å². The van der Waals surface area contributed by atoms with Crippen LogP contribution in [-0.2, 0) is 13.0 Å². The van der Waals surface area contributed by atoms with Crippen LogP contribution < -0.4 is 10.1 Å². The van der Waals surface area contributed by atoms with E-state index in [2.05, 4.69) is 24.4 Å². The number of nitrogens with one attached hydrogen (secondary N) is 1. The molecule has 1 N–H and O–H groups in total. The summed E-state index contributed by atoms with van der Waals surface area (Å²) in [5.74, 6) is 0.873. The van der Waals surface area contributed by atoms with Gasteiger partial charge in [-0.25, -0.2) is 0 Å². The van der Waals surface area contributed by atoms with Gasteiger partial charge in [-0.05, 0) is 43.0 Å². The highest BCUT2D eigenvalue weighted by Crippen LogP contribution is 2.14. The Morgan fingerprint density at radius 1 is 1.09 bits per heavy atom. The molecule has 2 aromatic carbocycles.